The Labute approximate surface area is 130 Å². The Morgan fingerprint density at radius 2 is 1.43 bits per heavy atom. The van der Waals surface area contributed by atoms with Crippen LogP contribution in [0.1, 0.15) is 9.68 Å². The summed E-state index contributed by atoms with van der Waals surface area (Å²) in [6.45, 7) is -2.07. The van der Waals surface area contributed by atoms with Crippen LogP contribution in [-0.4, -0.2) is 7.05 Å². The molecule has 0 aromatic heterocycles. The molecule has 0 radical (unpaired) electrons. The normalized spacial score (nSPS) is 13.1. The molecule has 3 aromatic rings. The molecule has 0 bridgehead atoms. The van der Waals surface area contributed by atoms with Crippen LogP contribution in [0.25, 0.3) is 11.1 Å². The van der Waals surface area contributed by atoms with Gasteiger partial charge in [0.25, 0.3) is 0 Å². The van der Waals surface area contributed by atoms with Crippen molar-refractivity contribution in [3.05, 3.63) is 84.4 Å². The number of anilines is 2. The first-order valence-electron chi connectivity index (χ1n) is 8.45. The summed E-state index contributed by atoms with van der Waals surface area (Å²) in [5, 5.41) is 0. The standard InChI is InChI=1S/C20H19N/c1-16-11-13-19(14-12-16)21(2)20-10-6-9-18(15-20)17-7-4-3-5-8-17/h3-15H,1-2H3/i1D3. The van der Waals surface area contributed by atoms with Gasteiger partial charge in [0.1, 0.15) is 0 Å². The van der Waals surface area contributed by atoms with E-state index in [1.807, 2.05) is 49.5 Å². The van der Waals surface area contributed by atoms with Crippen molar-refractivity contribution in [2.75, 3.05) is 11.9 Å². The molecule has 3 rings (SSSR count). The number of rotatable bonds is 3. The van der Waals surface area contributed by atoms with Crippen LogP contribution in [0, 0.1) is 6.85 Å². The summed E-state index contributed by atoms with van der Waals surface area (Å²) in [5.41, 5.74) is 4.69. The van der Waals surface area contributed by atoms with Crippen LogP contribution in [0.5, 0.6) is 0 Å². The van der Waals surface area contributed by atoms with E-state index in [1.54, 1.807) is 12.1 Å². The van der Waals surface area contributed by atoms with E-state index in [0.717, 1.165) is 16.9 Å². The lowest BCUT2D eigenvalue weighted by Crippen LogP contribution is -2.09. The van der Waals surface area contributed by atoms with E-state index in [-0.39, 0.29) is 0 Å². The van der Waals surface area contributed by atoms with E-state index in [2.05, 4.69) is 29.2 Å². The maximum atomic E-state index is 7.46. The van der Waals surface area contributed by atoms with Crippen LogP contribution < -0.4 is 4.90 Å². The maximum absolute atomic E-state index is 7.46. The summed E-state index contributed by atoms with van der Waals surface area (Å²) < 4.78 is 22.4. The van der Waals surface area contributed by atoms with Gasteiger partial charge in [-0.15, -0.1) is 0 Å². The van der Waals surface area contributed by atoms with Gasteiger partial charge in [-0.25, -0.2) is 0 Å². The molecule has 0 unspecified atom stereocenters. The zero-order valence-electron chi connectivity index (χ0n) is 15.0. The van der Waals surface area contributed by atoms with Crippen molar-refractivity contribution in [1.82, 2.24) is 0 Å². The Kier molecular flexibility index (Phi) is 2.84. The number of aryl methyl sites for hydroxylation is 1. The summed E-state index contributed by atoms with van der Waals surface area (Å²) in [4.78, 5) is 2.05. The zero-order valence-corrected chi connectivity index (χ0v) is 12.0. The lowest BCUT2D eigenvalue weighted by atomic mass is 10.0. The molecule has 0 heterocycles. The molecule has 0 aliphatic heterocycles. The topological polar surface area (TPSA) is 3.24 Å². The second-order valence-electron chi connectivity index (χ2n) is 5.02. The summed E-state index contributed by atoms with van der Waals surface area (Å²) in [7, 11) is 1.98. The van der Waals surface area contributed by atoms with E-state index in [0.29, 0.717) is 5.56 Å². The molecule has 21 heavy (non-hydrogen) atoms. The van der Waals surface area contributed by atoms with Gasteiger partial charge >= 0.3 is 0 Å². The third kappa shape index (κ3) is 2.97. The van der Waals surface area contributed by atoms with Gasteiger partial charge in [0, 0.05) is 22.5 Å². The van der Waals surface area contributed by atoms with E-state index >= 15 is 0 Å². The van der Waals surface area contributed by atoms with Gasteiger partial charge in [-0.05, 0) is 42.2 Å². The Hall–Kier alpha value is -2.54. The number of hydrogen-bond donors (Lipinski definition) is 0. The fourth-order valence-electron chi connectivity index (χ4n) is 2.36. The monoisotopic (exact) mass is 276 g/mol. The predicted molar refractivity (Wildman–Crippen MR) is 91.1 cm³/mol. The molecule has 0 aliphatic carbocycles. The smallest absolute Gasteiger partial charge is 0.0414 e. The molecule has 0 N–H and O–H groups in total. The highest BCUT2D eigenvalue weighted by Crippen LogP contribution is 2.28. The molecule has 0 aliphatic rings. The highest BCUT2D eigenvalue weighted by molar-refractivity contribution is 5.71. The van der Waals surface area contributed by atoms with Crippen LogP contribution >= 0.6 is 0 Å². The molecule has 0 amide bonds. The van der Waals surface area contributed by atoms with E-state index in [4.69, 9.17) is 4.11 Å². The largest absolute Gasteiger partial charge is 0.345 e. The minimum atomic E-state index is -2.07. The molecule has 0 saturated heterocycles. The highest BCUT2D eigenvalue weighted by Gasteiger charge is 2.05. The SMILES string of the molecule is [2H]C([2H])([2H])c1ccc(N(C)c2cccc(-c3ccccc3)c2)cc1. The zero-order chi connectivity index (χ0) is 17.2. The Bertz CT molecular complexity index is 808. The number of hydrogen-bond acceptors (Lipinski definition) is 1. The van der Waals surface area contributed by atoms with E-state index in [9.17, 15) is 0 Å². The average molecular weight is 276 g/mol. The fraction of sp³-hybridized carbons (Fsp3) is 0.100. The maximum Gasteiger partial charge on any atom is 0.0414 e. The second kappa shape index (κ2) is 5.84. The Balaban J connectivity index is 1.89. The van der Waals surface area contributed by atoms with Crippen LogP contribution in [0.2, 0.25) is 0 Å². The summed E-state index contributed by atoms with van der Waals surface area (Å²) in [6, 6.07) is 25.6. The summed E-state index contributed by atoms with van der Waals surface area (Å²) in [6.07, 6.45) is 0. The van der Waals surface area contributed by atoms with Crippen molar-refractivity contribution in [3.63, 3.8) is 0 Å². The van der Waals surface area contributed by atoms with Crippen molar-refractivity contribution in [1.29, 1.82) is 0 Å². The van der Waals surface area contributed by atoms with Crippen molar-refractivity contribution in [2.45, 2.75) is 6.85 Å². The Morgan fingerprint density at radius 3 is 2.14 bits per heavy atom. The molecule has 1 heteroatoms. The lowest BCUT2D eigenvalue weighted by molar-refractivity contribution is 1.20. The minimum Gasteiger partial charge on any atom is -0.345 e. The van der Waals surface area contributed by atoms with Gasteiger partial charge in [0.05, 0.1) is 0 Å². The molecule has 0 saturated carbocycles. The third-order valence-corrected chi connectivity index (χ3v) is 3.60. The lowest BCUT2D eigenvalue weighted by Gasteiger charge is -2.20. The summed E-state index contributed by atoms with van der Waals surface area (Å²) >= 11 is 0. The van der Waals surface area contributed by atoms with Crippen molar-refractivity contribution in [2.24, 2.45) is 0 Å². The first-order valence-corrected chi connectivity index (χ1v) is 6.95. The predicted octanol–water partition coefficient (Wildman–Crippen LogP) is 5.43. The molecule has 104 valence electrons. The van der Waals surface area contributed by atoms with Gasteiger partial charge in [0.15, 0.2) is 0 Å². The van der Waals surface area contributed by atoms with Crippen LogP contribution in [-0.2, 0) is 0 Å². The molecule has 0 atom stereocenters. The van der Waals surface area contributed by atoms with E-state index < -0.39 is 6.85 Å². The first kappa shape index (κ1) is 10.2. The molecule has 0 spiro atoms. The number of nitrogens with zero attached hydrogens (tertiary/aromatic N) is 1. The number of benzene rings is 3. The van der Waals surface area contributed by atoms with Crippen molar-refractivity contribution < 1.29 is 4.11 Å². The fourth-order valence-corrected chi connectivity index (χ4v) is 2.36. The first-order chi connectivity index (χ1) is 11.4. The second-order valence-corrected chi connectivity index (χ2v) is 5.02. The molecule has 0 fully saturated rings. The quantitative estimate of drug-likeness (QED) is 0.616. The highest BCUT2D eigenvalue weighted by atomic mass is 15.1. The third-order valence-electron chi connectivity index (χ3n) is 3.60. The molecular weight excluding hydrogens is 254 g/mol. The van der Waals surface area contributed by atoms with Gasteiger partial charge in [-0.1, -0.05) is 60.2 Å². The van der Waals surface area contributed by atoms with Crippen LogP contribution in [0.15, 0.2) is 78.9 Å². The van der Waals surface area contributed by atoms with Gasteiger partial charge < -0.3 is 4.90 Å². The van der Waals surface area contributed by atoms with Gasteiger partial charge in [0.2, 0.25) is 0 Å². The Morgan fingerprint density at radius 1 is 0.714 bits per heavy atom. The molecular formula is C20H19N. The van der Waals surface area contributed by atoms with Gasteiger partial charge in [-0.3, -0.25) is 0 Å². The molecule has 3 aromatic carbocycles. The van der Waals surface area contributed by atoms with E-state index in [1.165, 1.54) is 5.56 Å². The minimum absolute atomic E-state index is 0.359. The van der Waals surface area contributed by atoms with Gasteiger partial charge in [-0.2, -0.15) is 0 Å². The average Bonchev–Trinajstić information content (AvgIpc) is 2.61. The van der Waals surface area contributed by atoms with Crippen molar-refractivity contribution >= 4 is 11.4 Å². The summed E-state index contributed by atoms with van der Waals surface area (Å²) in [5.74, 6) is 0. The van der Waals surface area contributed by atoms with Crippen molar-refractivity contribution in [3.8, 4) is 11.1 Å². The van der Waals surface area contributed by atoms with Crippen LogP contribution in [0.4, 0.5) is 11.4 Å². The molecule has 1 nitrogen and oxygen atoms in total. The van der Waals surface area contributed by atoms with Crippen LogP contribution in [0.3, 0.4) is 0 Å².